The molecule has 1 aromatic rings. The van der Waals surface area contributed by atoms with E-state index in [2.05, 4.69) is 5.32 Å². The molecule has 1 heterocycles. The molecule has 6 nitrogen and oxygen atoms in total. The van der Waals surface area contributed by atoms with Gasteiger partial charge in [0, 0.05) is 6.04 Å². The Morgan fingerprint density at radius 2 is 1.92 bits per heavy atom. The number of nitrogens with two attached hydrogens (primary N) is 1. The van der Waals surface area contributed by atoms with E-state index in [1.807, 2.05) is 6.92 Å². The number of nitrogens with zero attached hydrogens (tertiary/aromatic N) is 1. The van der Waals surface area contributed by atoms with E-state index in [-0.39, 0.29) is 16.5 Å². The van der Waals surface area contributed by atoms with Gasteiger partial charge in [0.25, 0.3) is 11.5 Å². The van der Waals surface area contributed by atoms with Gasteiger partial charge in [0.15, 0.2) is 0 Å². The molecule has 0 aromatic carbocycles. The minimum absolute atomic E-state index is 0.134. The molecule has 2 amide bonds. The van der Waals surface area contributed by atoms with E-state index >= 15 is 0 Å². The van der Waals surface area contributed by atoms with E-state index < -0.39 is 41.4 Å². The summed E-state index contributed by atoms with van der Waals surface area (Å²) in [5.41, 5.74) is 1.89. The number of alkyl halides is 3. The first kappa shape index (κ1) is 19.0. The summed E-state index contributed by atoms with van der Waals surface area (Å²) in [6, 6.07) is 1.17. The molecule has 1 aliphatic carbocycles. The zero-order chi connectivity index (χ0) is 18.8. The van der Waals surface area contributed by atoms with Crippen molar-refractivity contribution in [1.29, 1.82) is 0 Å². The molecule has 3 N–H and O–H groups in total. The standard InChI is InChI=1S/C16H20F3N3O3/c1-9-4-2-3-5-11(9)21-13(23)8-22-12(16(17,18)19)7-6-10(14(20)24)15(22)25/h6-7,9,11H,2-5,8H2,1H3,(H2,20,24)(H,21,23)/t9-,11-/m0/s1. The van der Waals surface area contributed by atoms with Gasteiger partial charge in [0.05, 0.1) is 0 Å². The molecular weight excluding hydrogens is 339 g/mol. The van der Waals surface area contributed by atoms with Crippen LogP contribution in [0.4, 0.5) is 13.2 Å². The van der Waals surface area contributed by atoms with Crippen LogP contribution in [0.5, 0.6) is 0 Å². The third kappa shape index (κ3) is 4.40. The summed E-state index contributed by atoms with van der Waals surface area (Å²) in [7, 11) is 0. The van der Waals surface area contributed by atoms with E-state index in [1.165, 1.54) is 0 Å². The zero-order valence-corrected chi connectivity index (χ0v) is 13.7. The molecule has 2 rings (SSSR count). The molecule has 1 saturated carbocycles. The molecule has 2 atom stereocenters. The Balaban J connectivity index is 2.30. The lowest BCUT2D eigenvalue weighted by atomic mass is 9.86. The van der Waals surface area contributed by atoms with Crippen LogP contribution < -0.4 is 16.6 Å². The highest BCUT2D eigenvalue weighted by molar-refractivity contribution is 5.92. The van der Waals surface area contributed by atoms with E-state index in [0.717, 1.165) is 31.7 Å². The maximum atomic E-state index is 13.1. The maximum Gasteiger partial charge on any atom is 0.431 e. The molecule has 0 bridgehead atoms. The maximum absolute atomic E-state index is 13.1. The largest absolute Gasteiger partial charge is 0.431 e. The summed E-state index contributed by atoms with van der Waals surface area (Å²) >= 11 is 0. The molecule has 0 unspecified atom stereocenters. The number of amides is 2. The van der Waals surface area contributed by atoms with Crippen molar-refractivity contribution < 1.29 is 22.8 Å². The van der Waals surface area contributed by atoms with Crippen molar-refractivity contribution in [2.24, 2.45) is 11.7 Å². The number of nitrogens with one attached hydrogen (secondary N) is 1. The second-order valence-electron chi connectivity index (χ2n) is 6.32. The van der Waals surface area contributed by atoms with Crippen LogP contribution in [0.15, 0.2) is 16.9 Å². The minimum Gasteiger partial charge on any atom is -0.365 e. The highest BCUT2D eigenvalue weighted by Crippen LogP contribution is 2.28. The Morgan fingerprint density at radius 3 is 2.48 bits per heavy atom. The highest BCUT2D eigenvalue weighted by Gasteiger charge is 2.36. The van der Waals surface area contributed by atoms with Gasteiger partial charge in [0.1, 0.15) is 17.8 Å². The second-order valence-corrected chi connectivity index (χ2v) is 6.32. The van der Waals surface area contributed by atoms with Crippen molar-refractivity contribution in [2.75, 3.05) is 0 Å². The Kier molecular flexibility index (Phi) is 5.54. The van der Waals surface area contributed by atoms with Crippen LogP contribution in [0, 0.1) is 5.92 Å². The Morgan fingerprint density at radius 1 is 1.28 bits per heavy atom. The number of rotatable bonds is 4. The lowest BCUT2D eigenvalue weighted by Gasteiger charge is -2.29. The predicted molar refractivity (Wildman–Crippen MR) is 83.8 cm³/mol. The highest BCUT2D eigenvalue weighted by atomic mass is 19.4. The van der Waals surface area contributed by atoms with Crippen molar-refractivity contribution in [3.8, 4) is 0 Å². The van der Waals surface area contributed by atoms with Crippen molar-refractivity contribution in [1.82, 2.24) is 9.88 Å². The van der Waals surface area contributed by atoms with Gasteiger partial charge in [-0.25, -0.2) is 0 Å². The number of pyridine rings is 1. The average Bonchev–Trinajstić information content (AvgIpc) is 2.50. The SMILES string of the molecule is C[C@H]1CCCC[C@@H]1NC(=O)Cn1c(C(F)(F)F)ccc(C(N)=O)c1=O. The number of carbonyl (C=O) groups is 2. The van der Waals surface area contributed by atoms with Crippen LogP contribution in [0.1, 0.15) is 48.7 Å². The van der Waals surface area contributed by atoms with E-state index in [0.29, 0.717) is 6.07 Å². The van der Waals surface area contributed by atoms with E-state index in [4.69, 9.17) is 5.73 Å². The topological polar surface area (TPSA) is 94.2 Å². The lowest BCUT2D eigenvalue weighted by Crippen LogP contribution is -2.45. The first-order valence-corrected chi connectivity index (χ1v) is 8.01. The summed E-state index contributed by atoms with van der Waals surface area (Å²) in [6.45, 7) is 1.14. The molecule has 1 aromatic heterocycles. The van der Waals surface area contributed by atoms with Crippen molar-refractivity contribution in [3.63, 3.8) is 0 Å². The summed E-state index contributed by atoms with van der Waals surface area (Å²) in [5.74, 6) is -1.63. The van der Waals surface area contributed by atoms with Gasteiger partial charge in [0.2, 0.25) is 5.91 Å². The van der Waals surface area contributed by atoms with Crippen molar-refractivity contribution in [3.05, 3.63) is 33.7 Å². The average molecular weight is 359 g/mol. The number of aromatic nitrogens is 1. The van der Waals surface area contributed by atoms with Gasteiger partial charge in [-0.2, -0.15) is 13.2 Å². The van der Waals surface area contributed by atoms with Crippen LogP contribution in [0.25, 0.3) is 0 Å². The van der Waals surface area contributed by atoms with Gasteiger partial charge in [-0.3, -0.25) is 19.0 Å². The quantitative estimate of drug-likeness (QED) is 0.856. The summed E-state index contributed by atoms with van der Waals surface area (Å²) in [6.07, 6.45) is -1.19. The molecule has 9 heteroatoms. The summed E-state index contributed by atoms with van der Waals surface area (Å²) < 4.78 is 39.6. The van der Waals surface area contributed by atoms with Gasteiger partial charge in [-0.15, -0.1) is 0 Å². The molecule has 1 aliphatic rings. The molecule has 1 fully saturated rings. The van der Waals surface area contributed by atoms with Crippen molar-refractivity contribution in [2.45, 2.75) is 51.4 Å². The third-order valence-corrected chi connectivity index (χ3v) is 4.49. The molecular formula is C16H20F3N3O3. The normalized spacial score (nSPS) is 21.0. The predicted octanol–water partition coefficient (Wildman–Crippen LogP) is 1.66. The smallest absolute Gasteiger partial charge is 0.365 e. The second kappa shape index (κ2) is 7.28. The van der Waals surface area contributed by atoms with Crippen LogP contribution >= 0.6 is 0 Å². The monoisotopic (exact) mass is 359 g/mol. The molecule has 0 radical (unpaired) electrons. The minimum atomic E-state index is -4.84. The fourth-order valence-corrected chi connectivity index (χ4v) is 3.10. The van der Waals surface area contributed by atoms with E-state index in [9.17, 15) is 27.6 Å². The van der Waals surface area contributed by atoms with Gasteiger partial charge in [-0.1, -0.05) is 19.8 Å². The van der Waals surface area contributed by atoms with E-state index in [1.54, 1.807) is 0 Å². The first-order valence-electron chi connectivity index (χ1n) is 8.01. The number of hydrogen-bond donors (Lipinski definition) is 2. The molecule has 0 spiro atoms. The van der Waals surface area contributed by atoms with Gasteiger partial charge >= 0.3 is 6.18 Å². The Labute approximate surface area is 142 Å². The van der Waals surface area contributed by atoms with Gasteiger partial charge < -0.3 is 11.1 Å². The summed E-state index contributed by atoms with van der Waals surface area (Å²) in [5, 5.41) is 2.69. The zero-order valence-electron chi connectivity index (χ0n) is 13.7. The number of carbonyl (C=O) groups excluding carboxylic acids is 2. The first-order chi connectivity index (χ1) is 11.6. The van der Waals surface area contributed by atoms with Crippen molar-refractivity contribution >= 4 is 11.8 Å². The van der Waals surface area contributed by atoms with Crippen LogP contribution in [-0.2, 0) is 17.5 Å². The van der Waals surface area contributed by atoms with Crippen LogP contribution in [0.3, 0.4) is 0 Å². The Bertz CT molecular complexity index is 728. The molecule has 0 saturated heterocycles. The fourth-order valence-electron chi connectivity index (χ4n) is 3.10. The number of hydrogen-bond acceptors (Lipinski definition) is 3. The van der Waals surface area contributed by atoms with Crippen LogP contribution in [0.2, 0.25) is 0 Å². The van der Waals surface area contributed by atoms with Crippen LogP contribution in [-0.4, -0.2) is 22.4 Å². The molecule has 138 valence electrons. The van der Waals surface area contributed by atoms with Gasteiger partial charge in [-0.05, 0) is 30.9 Å². The molecule has 0 aliphatic heterocycles. The number of primary amides is 1. The molecule has 25 heavy (non-hydrogen) atoms. The fraction of sp³-hybridized carbons (Fsp3) is 0.562. The lowest BCUT2D eigenvalue weighted by molar-refractivity contribution is -0.144. The summed E-state index contributed by atoms with van der Waals surface area (Å²) in [4.78, 5) is 35.5. The Hall–Kier alpha value is -2.32. The number of halogens is 3. The third-order valence-electron chi connectivity index (χ3n) is 4.49.